The summed E-state index contributed by atoms with van der Waals surface area (Å²) >= 11 is 0. The van der Waals surface area contributed by atoms with Crippen LogP contribution in [0, 0.1) is 0 Å². The first kappa shape index (κ1) is 11.5. The molecule has 0 N–H and O–H groups in total. The average Bonchev–Trinajstić information content (AvgIpc) is 2.14. The van der Waals surface area contributed by atoms with Gasteiger partial charge < -0.3 is 4.43 Å². The van der Waals surface area contributed by atoms with Gasteiger partial charge in [0.25, 0.3) is 0 Å². The van der Waals surface area contributed by atoms with Crippen molar-refractivity contribution >= 4 is 9.76 Å². The molecule has 1 aromatic carbocycles. The minimum Gasteiger partial charge on any atom is -0.419 e. The zero-order chi connectivity index (χ0) is 10.6. The predicted octanol–water partition coefficient (Wildman–Crippen LogP) is 2.65. The highest BCUT2D eigenvalue weighted by Crippen LogP contribution is 2.16. The summed E-state index contributed by atoms with van der Waals surface area (Å²) in [5.74, 6) is 0. The molecule has 0 fully saturated rings. The first-order chi connectivity index (χ1) is 6.49. The Hall–Kier alpha value is -0.603. The van der Waals surface area contributed by atoms with Gasteiger partial charge in [0.05, 0.1) is 0 Å². The molecule has 0 aliphatic carbocycles. The van der Waals surface area contributed by atoms with Gasteiger partial charge in [0.15, 0.2) is 9.76 Å². The lowest BCUT2D eigenvalue weighted by atomic mass is 10.2. The molecular weight excluding hydrogens is 188 g/mol. The van der Waals surface area contributed by atoms with Crippen molar-refractivity contribution in [3.63, 3.8) is 0 Å². The van der Waals surface area contributed by atoms with E-state index in [4.69, 9.17) is 4.43 Å². The lowest BCUT2D eigenvalue weighted by molar-refractivity contribution is 0.136. The summed E-state index contributed by atoms with van der Waals surface area (Å²) in [5.41, 5.74) is 2.04. The van der Waals surface area contributed by atoms with Gasteiger partial charge in [-0.05, 0) is 31.9 Å². The standard InChI is InChI=1S/C12H20OSi/c1-10(14-13-12(2,3)4)11-8-6-5-7-9-11/h5-10H,14H2,1-4H3. The Bertz CT molecular complexity index is 263. The molecule has 1 rings (SSSR count). The molecule has 0 spiro atoms. The molecule has 0 bridgehead atoms. The topological polar surface area (TPSA) is 9.23 Å². The maximum absolute atomic E-state index is 5.88. The number of rotatable bonds is 3. The van der Waals surface area contributed by atoms with E-state index in [1.54, 1.807) is 0 Å². The molecule has 1 nitrogen and oxygen atoms in total. The van der Waals surface area contributed by atoms with E-state index < -0.39 is 9.76 Å². The fraction of sp³-hybridized carbons (Fsp3) is 0.500. The van der Waals surface area contributed by atoms with Gasteiger partial charge in [0.2, 0.25) is 0 Å². The van der Waals surface area contributed by atoms with Crippen molar-refractivity contribution in [3.8, 4) is 0 Å². The van der Waals surface area contributed by atoms with Crippen LogP contribution in [0.25, 0.3) is 0 Å². The molecule has 1 unspecified atom stereocenters. The van der Waals surface area contributed by atoms with E-state index >= 15 is 0 Å². The minimum atomic E-state index is -0.467. The zero-order valence-corrected chi connectivity index (χ0v) is 11.0. The fourth-order valence-electron chi connectivity index (χ4n) is 1.25. The van der Waals surface area contributed by atoms with Crippen molar-refractivity contribution < 1.29 is 4.43 Å². The molecule has 0 saturated heterocycles. The molecule has 14 heavy (non-hydrogen) atoms. The van der Waals surface area contributed by atoms with Crippen LogP contribution in [0.2, 0.25) is 0 Å². The highest BCUT2D eigenvalue weighted by molar-refractivity contribution is 6.29. The third kappa shape index (κ3) is 4.07. The van der Waals surface area contributed by atoms with E-state index in [0.717, 1.165) is 0 Å². The van der Waals surface area contributed by atoms with Crippen molar-refractivity contribution in [2.75, 3.05) is 0 Å². The molecule has 78 valence electrons. The van der Waals surface area contributed by atoms with Gasteiger partial charge in [-0.3, -0.25) is 0 Å². The van der Waals surface area contributed by atoms with Gasteiger partial charge >= 0.3 is 0 Å². The molecule has 0 aliphatic rings. The highest BCUT2D eigenvalue weighted by Gasteiger charge is 2.13. The Kier molecular flexibility index (Phi) is 3.90. The normalized spacial score (nSPS) is 14.9. The van der Waals surface area contributed by atoms with Gasteiger partial charge in [0.1, 0.15) is 0 Å². The summed E-state index contributed by atoms with van der Waals surface area (Å²) in [5, 5.41) is 0. The monoisotopic (exact) mass is 208 g/mol. The Morgan fingerprint density at radius 2 is 1.71 bits per heavy atom. The van der Waals surface area contributed by atoms with E-state index in [-0.39, 0.29) is 5.60 Å². The highest BCUT2D eigenvalue weighted by atomic mass is 28.2. The molecular formula is C12H20OSi. The van der Waals surface area contributed by atoms with Crippen LogP contribution in [0.4, 0.5) is 0 Å². The molecule has 1 atom stereocenters. The summed E-state index contributed by atoms with van der Waals surface area (Å²) in [6.07, 6.45) is 0. The van der Waals surface area contributed by atoms with Gasteiger partial charge in [-0.2, -0.15) is 0 Å². The summed E-state index contributed by atoms with van der Waals surface area (Å²) in [6.45, 7) is 8.63. The summed E-state index contributed by atoms with van der Waals surface area (Å²) in [4.78, 5) is 0. The average molecular weight is 208 g/mol. The van der Waals surface area contributed by atoms with Gasteiger partial charge in [-0.25, -0.2) is 0 Å². The molecule has 2 heteroatoms. The third-order valence-electron chi connectivity index (χ3n) is 2.13. The quantitative estimate of drug-likeness (QED) is 0.694. The fourth-order valence-corrected chi connectivity index (χ4v) is 2.47. The molecule has 0 aliphatic heterocycles. The summed E-state index contributed by atoms with van der Waals surface area (Å²) in [6, 6.07) is 10.6. The smallest absolute Gasteiger partial charge is 0.169 e. The summed E-state index contributed by atoms with van der Waals surface area (Å²) < 4.78 is 5.88. The van der Waals surface area contributed by atoms with E-state index in [0.29, 0.717) is 5.54 Å². The van der Waals surface area contributed by atoms with Crippen LogP contribution in [-0.2, 0) is 4.43 Å². The van der Waals surface area contributed by atoms with Crippen LogP contribution in [-0.4, -0.2) is 15.4 Å². The lowest BCUT2D eigenvalue weighted by Gasteiger charge is -2.22. The first-order valence-corrected chi connectivity index (χ1v) is 6.57. The molecule has 0 aromatic heterocycles. The van der Waals surface area contributed by atoms with Gasteiger partial charge in [-0.15, -0.1) is 0 Å². The Balaban J connectivity index is 2.48. The van der Waals surface area contributed by atoms with Crippen molar-refractivity contribution in [2.45, 2.75) is 38.8 Å². The van der Waals surface area contributed by atoms with Gasteiger partial charge in [-0.1, -0.05) is 37.3 Å². The zero-order valence-electron chi connectivity index (χ0n) is 9.58. The Labute approximate surface area is 89.4 Å². The number of hydrogen-bond donors (Lipinski definition) is 0. The summed E-state index contributed by atoms with van der Waals surface area (Å²) in [7, 11) is -0.467. The van der Waals surface area contributed by atoms with E-state index in [9.17, 15) is 0 Å². The SMILES string of the molecule is CC([SiH2]OC(C)(C)C)c1ccccc1. The molecule has 0 saturated carbocycles. The van der Waals surface area contributed by atoms with Crippen LogP contribution < -0.4 is 0 Å². The van der Waals surface area contributed by atoms with Crippen molar-refractivity contribution in [1.82, 2.24) is 0 Å². The van der Waals surface area contributed by atoms with Crippen LogP contribution in [0.15, 0.2) is 30.3 Å². The molecule has 0 heterocycles. The second-order valence-electron chi connectivity index (χ2n) is 4.74. The van der Waals surface area contributed by atoms with Crippen molar-refractivity contribution in [3.05, 3.63) is 35.9 Å². The van der Waals surface area contributed by atoms with Gasteiger partial charge in [0, 0.05) is 5.60 Å². The molecule has 0 amide bonds. The maximum atomic E-state index is 5.88. The maximum Gasteiger partial charge on any atom is 0.169 e. The van der Waals surface area contributed by atoms with E-state index in [2.05, 4.69) is 58.0 Å². The Morgan fingerprint density at radius 1 is 1.14 bits per heavy atom. The van der Waals surface area contributed by atoms with Crippen LogP contribution in [0.1, 0.15) is 38.8 Å². The number of benzene rings is 1. The van der Waals surface area contributed by atoms with Crippen LogP contribution >= 0.6 is 0 Å². The Morgan fingerprint density at radius 3 is 2.21 bits per heavy atom. The van der Waals surface area contributed by atoms with Crippen LogP contribution in [0.3, 0.4) is 0 Å². The minimum absolute atomic E-state index is 0.0231. The van der Waals surface area contributed by atoms with Crippen molar-refractivity contribution in [1.29, 1.82) is 0 Å². The first-order valence-electron chi connectivity index (χ1n) is 5.18. The van der Waals surface area contributed by atoms with Crippen molar-refractivity contribution in [2.24, 2.45) is 0 Å². The van der Waals surface area contributed by atoms with E-state index in [1.165, 1.54) is 5.56 Å². The van der Waals surface area contributed by atoms with E-state index in [1.807, 2.05) is 0 Å². The lowest BCUT2D eigenvalue weighted by Crippen LogP contribution is -2.24. The molecule has 1 aromatic rings. The second kappa shape index (κ2) is 4.76. The predicted molar refractivity (Wildman–Crippen MR) is 64.2 cm³/mol. The third-order valence-corrected chi connectivity index (χ3v) is 4.14. The number of hydrogen-bond acceptors (Lipinski definition) is 1. The van der Waals surface area contributed by atoms with Crippen LogP contribution in [0.5, 0.6) is 0 Å². The largest absolute Gasteiger partial charge is 0.419 e. The molecule has 0 radical (unpaired) electrons. The second-order valence-corrected chi connectivity index (χ2v) is 6.58.